The highest BCUT2D eigenvalue weighted by Crippen LogP contribution is 1.84. The first-order chi connectivity index (χ1) is 8.86. The Hall–Kier alpha value is -1.42. The van der Waals surface area contributed by atoms with E-state index in [1.54, 1.807) is 7.11 Å². The molecule has 0 aromatic carbocycles. The number of nitrogens with zero attached hydrogens (tertiary/aromatic N) is 3. The highest BCUT2D eigenvalue weighted by molar-refractivity contribution is 4.75. The van der Waals surface area contributed by atoms with Crippen LogP contribution >= 0.6 is 0 Å². The van der Waals surface area contributed by atoms with Crippen molar-refractivity contribution in [3.8, 4) is 6.07 Å². The zero-order chi connectivity index (χ0) is 13.1. The first-order valence-corrected chi connectivity index (χ1v) is 5.93. The molecule has 0 aliphatic rings. The van der Waals surface area contributed by atoms with Crippen LogP contribution in [0.25, 0.3) is 0 Å². The van der Waals surface area contributed by atoms with Crippen molar-refractivity contribution in [2.45, 2.75) is 13.1 Å². The van der Waals surface area contributed by atoms with E-state index in [-0.39, 0.29) is 0 Å². The molecule has 1 aromatic heterocycles. The van der Waals surface area contributed by atoms with Crippen LogP contribution in [0.2, 0.25) is 0 Å². The van der Waals surface area contributed by atoms with E-state index in [0.29, 0.717) is 39.6 Å². The molecule has 0 unspecified atom stereocenters. The van der Waals surface area contributed by atoms with Gasteiger partial charge in [-0.3, -0.25) is 0 Å². The summed E-state index contributed by atoms with van der Waals surface area (Å²) in [6.07, 6.45) is 5.69. The van der Waals surface area contributed by atoms with Gasteiger partial charge in [0.15, 0.2) is 6.54 Å². The van der Waals surface area contributed by atoms with Crippen LogP contribution in [0.3, 0.4) is 0 Å². The Kier molecular flexibility index (Phi) is 7.80. The van der Waals surface area contributed by atoms with Gasteiger partial charge in [0.2, 0.25) is 6.33 Å². The van der Waals surface area contributed by atoms with Gasteiger partial charge in [-0.05, 0) is 0 Å². The number of rotatable bonds is 10. The number of aromatic nitrogens is 2. The number of ether oxygens (including phenoxy) is 3. The highest BCUT2D eigenvalue weighted by atomic mass is 16.5. The fourth-order valence-corrected chi connectivity index (χ4v) is 1.38. The molecular formula is C12H20N3O3+. The Balaban J connectivity index is 1.98. The van der Waals surface area contributed by atoms with Crippen molar-refractivity contribution in [3.05, 3.63) is 18.7 Å². The number of imidazole rings is 1. The van der Waals surface area contributed by atoms with Crippen LogP contribution in [0.1, 0.15) is 0 Å². The Morgan fingerprint density at radius 2 is 1.89 bits per heavy atom. The van der Waals surface area contributed by atoms with Gasteiger partial charge in [0.05, 0.1) is 33.0 Å². The second kappa shape index (κ2) is 9.59. The fraction of sp³-hybridized carbons (Fsp3) is 0.667. The first kappa shape index (κ1) is 14.6. The lowest BCUT2D eigenvalue weighted by Crippen LogP contribution is -2.33. The molecule has 0 atom stereocenters. The van der Waals surface area contributed by atoms with E-state index in [4.69, 9.17) is 19.5 Å². The summed E-state index contributed by atoms with van der Waals surface area (Å²) in [6.45, 7) is 4.17. The molecule has 0 aliphatic heterocycles. The maximum absolute atomic E-state index is 8.54. The minimum atomic E-state index is 0.376. The van der Waals surface area contributed by atoms with Gasteiger partial charge in [-0.15, -0.1) is 0 Å². The minimum absolute atomic E-state index is 0.376. The van der Waals surface area contributed by atoms with E-state index in [9.17, 15) is 0 Å². The molecule has 6 nitrogen and oxygen atoms in total. The average molecular weight is 254 g/mol. The summed E-state index contributed by atoms with van der Waals surface area (Å²) >= 11 is 0. The number of hydrogen-bond acceptors (Lipinski definition) is 4. The molecule has 1 aromatic rings. The van der Waals surface area contributed by atoms with Crippen LogP contribution in [0.4, 0.5) is 0 Å². The molecule has 0 aliphatic carbocycles. The van der Waals surface area contributed by atoms with E-state index < -0.39 is 0 Å². The zero-order valence-electron chi connectivity index (χ0n) is 10.7. The third kappa shape index (κ3) is 6.35. The second-order valence-corrected chi connectivity index (χ2v) is 3.70. The van der Waals surface area contributed by atoms with Crippen LogP contribution in [0.5, 0.6) is 0 Å². The first-order valence-electron chi connectivity index (χ1n) is 5.93. The van der Waals surface area contributed by atoms with Gasteiger partial charge >= 0.3 is 0 Å². The largest absolute Gasteiger partial charge is 0.382 e. The molecule has 100 valence electrons. The Bertz CT molecular complexity index is 360. The average Bonchev–Trinajstić information content (AvgIpc) is 2.81. The lowest BCUT2D eigenvalue weighted by atomic mass is 10.6. The van der Waals surface area contributed by atoms with Gasteiger partial charge < -0.3 is 14.2 Å². The summed E-state index contributed by atoms with van der Waals surface area (Å²) in [4.78, 5) is 0. The van der Waals surface area contributed by atoms with Crippen molar-refractivity contribution in [2.24, 2.45) is 0 Å². The topological polar surface area (TPSA) is 60.3 Å². The lowest BCUT2D eigenvalue weighted by Gasteiger charge is -2.04. The van der Waals surface area contributed by atoms with Gasteiger partial charge in [0.1, 0.15) is 25.0 Å². The summed E-state index contributed by atoms with van der Waals surface area (Å²) in [5.74, 6) is 0. The van der Waals surface area contributed by atoms with Crippen LogP contribution < -0.4 is 4.57 Å². The van der Waals surface area contributed by atoms with Crippen molar-refractivity contribution >= 4 is 0 Å². The van der Waals surface area contributed by atoms with Crippen molar-refractivity contribution < 1.29 is 18.8 Å². The predicted octanol–water partition coefficient (Wildman–Crippen LogP) is -0.0212. The standard InChI is InChI=1S/C12H20N3O3/c1-16-8-9-18-11-10-17-7-6-15-5-4-14(12-15)3-2-13/h4-5,12H,3,6-11H2,1H3/q+1. The maximum atomic E-state index is 8.54. The van der Waals surface area contributed by atoms with Crippen molar-refractivity contribution in [1.29, 1.82) is 5.26 Å². The van der Waals surface area contributed by atoms with Gasteiger partial charge in [0.25, 0.3) is 0 Å². The molecule has 0 bridgehead atoms. The summed E-state index contributed by atoms with van der Waals surface area (Å²) < 4.78 is 19.4. The number of hydrogen-bond donors (Lipinski definition) is 0. The fourth-order valence-electron chi connectivity index (χ4n) is 1.38. The van der Waals surface area contributed by atoms with Crippen LogP contribution in [0.15, 0.2) is 18.7 Å². The second-order valence-electron chi connectivity index (χ2n) is 3.70. The third-order valence-corrected chi connectivity index (χ3v) is 2.30. The number of nitriles is 1. The zero-order valence-corrected chi connectivity index (χ0v) is 10.7. The summed E-state index contributed by atoms with van der Waals surface area (Å²) in [5.41, 5.74) is 0. The molecule has 0 saturated heterocycles. The molecule has 0 N–H and O–H groups in total. The van der Waals surface area contributed by atoms with E-state index in [0.717, 1.165) is 6.54 Å². The quantitative estimate of drug-likeness (QED) is 0.435. The minimum Gasteiger partial charge on any atom is -0.382 e. The Labute approximate surface area is 107 Å². The highest BCUT2D eigenvalue weighted by Gasteiger charge is 2.02. The Morgan fingerprint density at radius 1 is 1.17 bits per heavy atom. The van der Waals surface area contributed by atoms with Crippen molar-refractivity contribution in [1.82, 2.24) is 4.57 Å². The molecule has 0 saturated carbocycles. The van der Waals surface area contributed by atoms with E-state index in [1.165, 1.54) is 0 Å². The van der Waals surface area contributed by atoms with Crippen LogP contribution in [-0.4, -0.2) is 44.7 Å². The molecule has 1 rings (SSSR count). The SMILES string of the molecule is COCCOCCOCC[n+]1ccn(CC#N)c1. The monoisotopic (exact) mass is 254 g/mol. The van der Waals surface area contributed by atoms with Gasteiger partial charge in [0, 0.05) is 7.11 Å². The molecular weight excluding hydrogens is 234 g/mol. The molecule has 0 radical (unpaired) electrons. The normalized spacial score (nSPS) is 10.4. The van der Waals surface area contributed by atoms with E-state index in [1.807, 2.05) is 27.9 Å². The molecule has 1 heterocycles. The predicted molar refractivity (Wildman–Crippen MR) is 63.8 cm³/mol. The molecule has 0 fully saturated rings. The third-order valence-electron chi connectivity index (χ3n) is 2.30. The van der Waals surface area contributed by atoms with Crippen LogP contribution in [-0.2, 0) is 27.3 Å². The van der Waals surface area contributed by atoms with E-state index in [2.05, 4.69) is 6.07 Å². The summed E-state index contributed by atoms with van der Waals surface area (Å²) in [7, 11) is 1.65. The van der Waals surface area contributed by atoms with E-state index >= 15 is 0 Å². The molecule has 18 heavy (non-hydrogen) atoms. The molecule has 0 amide bonds. The van der Waals surface area contributed by atoms with Crippen LogP contribution in [0, 0.1) is 11.3 Å². The Morgan fingerprint density at radius 3 is 2.61 bits per heavy atom. The summed E-state index contributed by atoms with van der Waals surface area (Å²) in [6, 6.07) is 2.09. The lowest BCUT2D eigenvalue weighted by molar-refractivity contribution is -0.698. The van der Waals surface area contributed by atoms with Crippen molar-refractivity contribution in [3.63, 3.8) is 0 Å². The molecule has 6 heteroatoms. The summed E-state index contributed by atoms with van der Waals surface area (Å²) in [5, 5.41) is 8.54. The van der Waals surface area contributed by atoms with Gasteiger partial charge in [-0.25, -0.2) is 9.13 Å². The van der Waals surface area contributed by atoms with Gasteiger partial charge in [-0.2, -0.15) is 5.26 Å². The van der Waals surface area contributed by atoms with Gasteiger partial charge in [-0.1, -0.05) is 0 Å². The number of methoxy groups -OCH3 is 1. The molecule has 0 spiro atoms. The maximum Gasteiger partial charge on any atom is 0.244 e. The smallest absolute Gasteiger partial charge is 0.244 e. The van der Waals surface area contributed by atoms with Crippen molar-refractivity contribution in [2.75, 3.05) is 40.1 Å².